The number of phenolic OH excluding ortho intramolecular Hbond substituents is 1. The Labute approximate surface area is 157 Å². The van der Waals surface area contributed by atoms with Crippen LogP contribution >= 0.6 is 58.6 Å². The molecule has 0 unspecified atom stereocenters. The van der Waals surface area contributed by atoms with E-state index in [-0.39, 0.29) is 36.5 Å². The second-order valence-corrected chi connectivity index (χ2v) is 6.31. The molecule has 23 heavy (non-hydrogen) atoms. The molecule has 120 valence electrons. The lowest BCUT2D eigenvalue weighted by Crippen LogP contribution is -2.34. The van der Waals surface area contributed by atoms with Crippen LogP contribution in [0.4, 0.5) is 5.69 Å². The number of hydrogen-bond donors (Lipinski definition) is 3. The maximum Gasteiger partial charge on any atom is 0.258 e. The SMILES string of the molecule is O=C(NC(=S)Nc1cc(Cl)c(O)c(Cl)c1)c1cccc(Cl)c1Cl. The quantitative estimate of drug-likeness (QED) is 0.475. The summed E-state index contributed by atoms with van der Waals surface area (Å²) >= 11 is 28.5. The smallest absolute Gasteiger partial charge is 0.258 e. The molecular weight excluding hydrogens is 402 g/mol. The van der Waals surface area contributed by atoms with Gasteiger partial charge in [-0.25, -0.2) is 0 Å². The minimum atomic E-state index is -0.522. The van der Waals surface area contributed by atoms with Crippen LogP contribution in [0.5, 0.6) is 5.75 Å². The van der Waals surface area contributed by atoms with Crippen LogP contribution in [0.2, 0.25) is 20.1 Å². The highest BCUT2D eigenvalue weighted by molar-refractivity contribution is 7.80. The molecule has 1 amide bonds. The molecule has 2 aromatic rings. The first-order valence-corrected chi connectivity index (χ1v) is 7.96. The molecule has 3 N–H and O–H groups in total. The number of nitrogens with one attached hydrogen (secondary N) is 2. The zero-order chi connectivity index (χ0) is 17.1. The fourth-order valence-electron chi connectivity index (χ4n) is 1.65. The predicted molar refractivity (Wildman–Crippen MR) is 98.3 cm³/mol. The van der Waals surface area contributed by atoms with Gasteiger partial charge < -0.3 is 10.4 Å². The molecule has 2 aromatic carbocycles. The zero-order valence-electron chi connectivity index (χ0n) is 11.2. The molecule has 0 fully saturated rings. The predicted octanol–water partition coefficient (Wildman–Crippen LogP) is 5.13. The molecule has 0 aromatic heterocycles. The van der Waals surface area contributed by atoms with Crippen molar-refractivity contribution in [2.24, 2.45) is 0 Å². The number of halogens is 4. The van der Waals surface area contributed by atoms with E-state index in [9.17, 15) is 9.90 Å². The van der Waals surface area contributed by atoms with Crippen molar-refractivity contribution in [1.29, 1.82) is 0 Å². The molecule has 0 saturated carbocycles. The Hall–Kier alpha value is -1.24. The fraction of sp³-hybridized carbons (Fsp3) is 0. The van der Waals surface area contributed by atoms with Gasteiger partial charge in [-0.1, -0.05) is 52.5 Å². The number of anilines is 1. The molecular formula is C14H8Cl4N2O2S. The molecule has 0 aliphatic carbocycles. The number of amides is 1. The molecule has 0 saturated heterocycles. The highest BCUT2D eigenvalue weighted by Crippen LogP contribution is 2.34. The minimum Gasteiger partial charge on any atom is -0.505 e. The number of rotatable bonds is 2. The van der Waals surface area contributed by atoms with Crippen LogP contribution in [0.25, 0.3) is 0 Å². The summed E-state index contributed by atoms with van der Waals surface area (Å²) in [6.45, 7) is 0. The topological polar surface area (TPSA) is 61.4 Å². The van der Waals surface area contributed by atoms with Gasteiger partial charge in [-0.05, 0) is 36.5 Å². The monoisotopic (exact) mass is 408 g/mol. The number of hydrogen-bond acceptors (Lipinski definition) is 3. The number of aromatic hydroxyl groups is 1. The van der Waals surface area contributed by atoms with E-state index in [1.54, 1.807) is 12.1 Å². The Balaban J connectivity index is 2.11. The second-order valence-electron chi connectivity index (χ2n) is 4.30. The second kappa shape index (κ2) is 7.55. The summed E-state index contributed by atoms with van der Waals surface area (Å²) in [5.74, 6) is -0.759. The standard InChI is InChI=1S/C14H8Cl4N2O2S/c15-8-3-1-2-7(11(8)18)13(22)20-14(23)19-6-4-9(16)12(21)10(17)5-6/h1-5,21H,(H2,19,20,22,23). The maximum absolute atomic E-state index is 12.1. The van der Waals surface area contributed by atoms with Crippen molar-refractivity contribution in [3.63, 3.8) is 0 Å². The lowest BCUT2D eigenvalue weighted by molar-refractivity contribution is 0.0978. The fourth-order valence-corrected chi connectivity index (χ4v) is 2.73. The third kappa shape index (κ3) is 4.40. The van der Waals surface area contributed by atoms with Crippen LogP contribution in [0.15, 0.2) is 30.3 Å². The number of phenols is 1. The highest BCUT2D eigenvalue weighted by atomic mass is 35.5. The van der Waals surface area contributed by atoms with Crippen molar-refractivity contribution < 1.29 is 9.90 Å². The van der Waals surface area contributed by atoms with Crippen molar-refractivity contribution in [1.82, 2.24) is 5.32 Å². The van der Waals surface area contributed by atoms with Crippen LogP contribution in [0.1, 0.15) is 10.4 Å². The average Bonchev–Trinajstić information content (AvgIpc) is 2.47. The van der Waals surface area contributed by atoms with Crippen molar-refractivity contribution in [2.75, 3.05) is 5.32 Å². The van der Waals surface area contributed by atoms with Gasteiger partial charge >= 0.3 is 0 Å². The number of thiocarbonyl (C=S) groups is 1. The Morgan fingerprint density at radius 1 is 1.04 bits per heavy atom. The van der Waals surface area contributed by atoms with E-state index in [2.05, 4.69) is 10.6 Å². The Kier molecular flexibility index (Phi) is 5.95. The van der Waals surface area contributed by atoms with Gasteiger partial charge in [0, 0.05) is 5.69 Å². The molecule has 0 spiro atoms. The molecule has 0 heterocycles. The number of benzene rings is 2. The van der Waals surface area contributed by atoms with E-state index >= 15 is 0 Å². The van der Waals surface area contributed by atoms with Gasteiger partial charge in [0.05, 0.1) is 25.7 Å². The van der Waals surface area contributed by atoms with Crippen molar-refractivity contribution >= 4 is 75.3 Å². The van der Waals surface area contributed by atoms with Gasteiger partial charge in [-0.2, -0.15) is 0 Å². The maximum atomic E-state index is 12.1. The largest absolute Gasteiger partial charge is 0.505 e. The van der Waals surface area contributed by atoms with Gasteiger partial charge in [-0.15, -0.1) is 0 Å². The lowest BCUT2D eigenvalue weighted by atomic mass is 10.2. The van der Waals surface area contributed by atoms with E-state index < -0.39 is 5.91 Å². The molecule has 2 rings (SSSR count). The molecule has 0 aliphatic heterocycles. The van der Waals surface area contributed by atoms with Crippen molar-refractivity contribution in [3.8, 4) is 5.75 Å². The highest BCUT2D eigenvalue weighted by Gasteiger charge is 2.14. The third-order valence-electron chi connectivity index (χ3n) is 2.70. The number of carbonyl (C=O) groups excluding carboxylic acids is 1. The van der Waals surface area contributed by atoms with Gasteiger partial charge in [0.2, 0.25) is 0 Å². The van der Waals surface area contributed by atoms with Crippen LogP contribution in [0, 0.1) is 0 Å². The van der Waals surface area contributed by atoms with Crippen LogP contribution in [-0.4, -0.2) is 16.1 Å². The van der Waals surface area contributed by atoms with E-state index in [4.69, 9.17) is 58.6 Å². The first-order chi connectivity index (χ1) is 10.8. The van der Waals surface area contributed by atoms with E-state index in [1.165, 1.54) is 18.2 Å². The third-order valence-corrected chi connectivity index (χ3v) is 4.30. The first kappa shape index (κ1) is 18.1. The Morgan fingerprint density at radius 3 is 2.26 bits per heavy atom. The molecule has 0 radical (unpaired) electrons. The van der Waals surface area contributed by atoms with Crippen molar-refractivity contribution in [2.45, 2.75) is 0 Å². The molecule has 0 bridgehead atoms. The molecule has 4 nitrogen and oxygen atoms in total. The summed E-state index contributed by atoms with van der Waals surface area (Å²) in [5, 5.41) is 15.2. The lowest BCUT2D eigenvalue weighted by Gasteiger charge is -2.12. The summed E-state index contributed by atoms with van der Waals surface area (Å²) in [6.07, 6.45) is 0. The van der Waals surface area contributed by atoms with E-state index in [1.807, 2.05) is 0 Å². The summed E-state index contributed by atoms with van der Waals surface area (Å²) in [5.41, 5.74) is 0.588. The van der Waals surface area contributed by atoms with Crippen LogP contribution < -0.4 is 10.6 Å². The summed E-state index contributed by atoms with van der Waals surface area (Å²) in [6, 6.07) is 7.50. The van der Waals surface area contributed by atoms with Gasteiger partial charge in [0.15, 0.2) is 10.9 Å². The normalized spacial score (nSPS) is 10.3. The van der Waals surface area contributed by atoms with Gasteiger partial charge in [0.25, 0.3) is 5.91 Å². The minimum absolute atomic E-state index is 0.00358. The van der Waals surface area contributed by atoms with Crippen molar-refractivity contribution in [3.05, 3.63) is 56.0 Å². The van der Waals surface area contributed by atoms with E-state index in [0.717, 1.165) is 0 Å². The van der Waals surface area contributed by atoms with Gasteiger partial charge in [-0.3, -0.25) is 10.1 Å². The van der Waals surface area contributed by atoms with Crippen LogP contribution in [0.3, 0.4) is 0 Å². The van der Waals surface area contributed by atoms with Gasteiger partial charge in [0.1, 0.15) is 0 Å². The first-order valence-electron chi connectivity index (χ1n) is 6.04. The Morgan fingerprint density at radius 2 is 1.65 bits per heavy atom. The average molecular weight is 410 g/mol. The van der Waals surface area contributed by atoms with E-state index in [0.29, 0.717) is 5.69 Å². The zero-order valence-corrected chi connectivity index (χ0v) is 15.0. The number of carbonyl (C=O) groups is 1. The molecule has 0 aliphatic rings. The Bertz CT molecular complexity index is 775. The summed E-state index contributed by atoms with van der Waals surface area (Å²) < 4.78 is 0. The molecule has 9 heteroatoms. The molecule has 0 atom stereocenters. The van der Waals surface area contributed by atoms with Crippen LogP contribution in [-0.2, 0) is 0 Å². The summed E-state index contributed by atoms with van der Waals surface area (Å²) in [7, 11) is 0. The summed E-state index contributed by atoms with van der Waals surface area (Å²) in [4.78, 5) is 12.1.